The second-order valence-corrected chi connectivity index (χ2v) is 5.10. The van der Waals surface area contributed by atoms with Crippen LogP contribution < -0.4 is 0 Å². The molecule has 0 radical (unpaired) electrons. The third-order valence-corrected chi connectivity index (χ3v) is 3.41. The molecule has 19 heavy (non-hydrogen) atoms. The third-order valence-electron chi connectivity index (χ3n) is 3.12. The molecule has 1 saturated heterocycles. The van der Waals surface area contributed by atoms with Gasteiger partial charge >= 0.3 is 5.97 Å². The summed E-state index contributed by atoms with van der Waals surface area (Å²) in [7, 11) is 0. The Morgan fingerprint density at radius 1 is 1.53 bits per heavy atom. The van der Waals surface area contributed by atoms with Gasteiger partial charge in [-0.25, -0.2) is 4.39 Å². The number of carbonyl (C=O) groups excluding carboxylic acids is 1. The highest BCUT2D eigenvalue weighted by Gasteiger charge is 2.36. The maximum absolute atomic E-state index is 13.8. The molecule has 0 aliphatic carbocycles. The van der Waals surface area contributed by atoms with Crippen molar-refractivity contribution in [1.29, 1.82) is 0 Å². The smallest absolute Gasteiger partial charge is 0.305 e. The van der Waals surface area contributed by atoms with E-state index in [4.69, 9.17) is 16.7 Å². The molecular weight excluding hydrogens is 273 g/mol. The average molecular weight is 286 g/mol. The summed E-state index contributed by atoms with van der Waals surface area (Å²) in [4.78, 5) is 24.1. The Morgan fingerprint density at radius 2 is 2.21 bits per heavy atom. The quantitative estimate of drug-likeness (QED) is 0.863. The second kappa shape index (κ2) is 5.57. The van der Waals surface area contributed by atoms with Gasteiger partial charge in [0.05, 0.1) is 17.8 Å². The van der Waals surface area contributed by atoms with Gasteiger partial charge in [0.25, 0.3) is 0 Å². The van der Waals surface area contributed by atoms with Crippen molar-refractivity contribution in [2.45, 2.75) is 24.3 Å². The molecule has 4 nitrogen and oxygen atoms in total. The van der Waals surface area contributed by atoms with Crippen LogP contribution >= 0.6 is 11.6 Å². The minimum Gasteiger partial charge on any atom is -0.481 e. The highest BCUT2D eigenvalue weighted by Crippen LogP contribution is 2.31. The van der Waals surface area contributed by atoms with E-state index in [-0.39, 0.29) is 36.2 Å². The van der Waals surface area contributed by atoms with Crippen molar-refractivity contribution in [1.82, 2.24) is 4.90 Å². The Bertz CT molecular complexity index is 508. The van der Waals surface area contributed by atoms with Gasteiger partial charge in [-0.05, 0) is 6.07 Å². The van der Waals surface area contributed by atoms with Gasteiger partial charge in [-0.2, -0.15) is 0 Å². The fourth-order valence-electron chi connectivity index (χ4n) is 2.29. The van der Waals surface area contributed by atoms with Crippen molar-refractivity contribution >= 4 is 23.5 Å². The maximum Gasteiger partial charge on any atom is 0.305 e. The van der Waals surface area contributed by atoms with Crippen LogP contribution in [-0.4, -0.2) is 33.8 Å². The van der Waals surface area contributed by atoms with E-state index < -0.39 is 17.8 Å². The number of benzene rings is 1. The number of aliphatic carboxylic acids is 1. The molecule has 2 atom stereocenters. The predicted molar refractivity (Wildman–Crippen MR) is 67.4 cm³/mol. The largest absolute Gasteiger partial charge is 0.481 e. The monoisotopic (exact) mass is 285 g/mol. The molecule has 1 aliphatic rings. The Balaban J connectivity index is 2.34. The van der Waals surface area contributed by atoms with Crippen LogP contribution in [-0.2, 0) is 9.59 Å². The first-order chi connectivity index (χ1) is 8.99. The molecule has 1 amide bonds. The van der Waals surface area contributed by atoms with Crippen LogP contribution in [0.2, 0.25) is 0 Å². The van der Waals surface area contributed by atoms with E-state index in [1.165, 1.54) is 23.1 Å². The van der Waals surface area contributed by atoms with Crippen molar-refractivity contribution in [2.24, 2.45) is 0 Å². The normalized spacial score (nSPS) is 20.6. The Labute approximate surface area is 114 Å². The van der Waals surface area contributed by atoms with Gasteiger partial charge in [0.2, 0.25) is 5.91 Å². The van der Waals surface area contributed by atoms with Crippen molar-refractivity contribution < 1.29 is 19.1 Å². The number of alkyl halides is 1. The molecular formula is C13H13ClFNO3. The summed E-state index contributed by atoms with van der Waals surface area (Å²) in [5, 5.41) is 8.60. The van der Waals surface area contributed by atoms with Gasteiger partial charge < -0.3 is 10.0 Å². The van der Waals surface area contributed by atoms with Crippen molar-refractivity contribution in [2.75, 3.05) is 6.54 Å². The van der Waals surface area contributed by atoms with Gasteiger partial charge in [0.1, 0.15) is 5.82 Å². The lowest BCUT2D eigenvalue weighted by Gasteiger charge is -2.27. The summed E-state index contributed by atoms with van der Waals surface area (Å²) in [6.45, 7) is 0.243. The number of likely N-dealkylation sites (tertiary alicyclic amines) is 1. The maximum atomic E-state index is 13.8. The molecule has 0 saturated carbocycles. The molecule has 102 valence electrons. The lowest BCUT2D eigenvalue weighted by molar-refractivity contribution is -0.139. The molecule has 0 aromatic heterocycles. The summed E-state index contributed by atoms with van der Waals surface area (Å²) < 4.78 is 13.8. The first-order valence-corrected chi connectivity index (χ1v) is 6.32. The Kier molecular flexibility index (Phi) is 4.04. The summed E-state index contributed by atoms with van der Waals surface area (Å²) in [6, 6.07) is 5.08. The fraction of sp³-hybridized carbons (Fsp3) is 0.385. The lowest BCUT2D eigenvalue weighted by Crippen LogP contribution is -2.32. The zero-order valence-electron chi connectivity index (χ0n) is 10.1. The minimum absolute atomic E-state index is 0.159. The summed E-state index contributed by atoms with van der Waals surface area (Å²) >= 11 is 5.91. The minimum atomic E-state index is -1.08. The van der Waals surface area contributed by atoms with Crippen LogP contribution in [0, 0.1) is 5.82 Å². The number of amides is 1. The van der Waals surface area contributed by atoms with Crippen LogP contribution in [0.3, 0.4) is 0 Å². The number of rotatable bonds is 4. The first kappa shape index (κ1) is 13.8. The Hall–Kier alpha value is -1.62. The number of nitrogens with zero attached hydrogens (tertiary/aromatic N) is 1. The summed E-state index contributed by atoms with van der Waals surface area (Å²) in [5.41, 5.74) is 0.212. The number of carboxylic acid groups (broad SMARTS) is 1. The molecule has 2 rings (SSSR count). The number of carboxylic acids is 1. The fourth-order valence-corrected chi connectivity index (χ4v) is 2.57. The summed E-state index contributed by atoms with van der Waals surface area (Å²) in [6.07, 6.45) is -0.178. The molecule has 1 aliphatic heterocycles. The van der Waals surface area contributed by atoms with Gasteiger partial charge in [0, 0.05) is 18.5 Å². The SMILES string of the molecule is O=C(O)CC(c1ccccc1F)N1CC(Cl)CC1=O. The second-order valence-electron chi connectivity index (χ2n) is 4.48. The standard InChI is InChI=1S/C13H13ClFNO3/c14-8-5-12(17)16(7-8)11(6-13(18)19)9-3-1-2-4-10(9)15/h1-4,8,11H,5-7H2,(H,18,19). The van der Waals surface area contributed by atoms with Crippen LogP contribution in [0.4, 0.5) is 4.39 Å². The Morgan fingerprint density at radius 3 is 2.74 bits per heavy atom. The van der Waals surface area contributed by atoms with Crippen LogP contribution in [0.15, 0.2) is 24.3 Å². The zero-order chi connectivity index (χ0) is 14.0. The van der Waals surface area contributed by atoms with Gasteiger partial charge in [-0.15, -0.1) is 11.6 Å². The molecule has 1 aromatic carbocycles. The van der Waals surface area contributed by atoms with Gasteiger partial charge in [0.15, 0.2) is 0 Å². The van der Waals surface area contributed by atoms with Crippen molar-refractivity contribution in [3.63, 3.8) is 0 Å². The molecule has 1 N–H and O–H groups in total. The lowest BCUT2D eigenvalue weighted by atomic mass is 10.0. The predicted octanol–water partition coefficient (Wildman–Crippen LogP) is 2.18. The molecule has 1 fully saturated rings. The molecule has 0 spiro atoms. The van der Waals surface area contributed by atoms with Gasteiger partial charge in [-0.1, -0.05) is 18.2 Å². The zero-order valence-corrected chi connectivity index (χ0v) is 10.8. The van der Waals surface area contributed by atoms with Crippen LogP contribution in [0.25, 0.3) is 0 Å². The van der Waals surface area contributed by atoms with E-state index in [0.717, 1.165) is 0 Å². The number of hydrogen-bond acceptors (Lipinski definition) is 2. The van der Waals surface area contributed by atoms with E-state index in [0.29, 0.717) is 0 Å². The molecule has 0 bridgehead atoms. The van der Waals surface area contributed by atoms with E-state index in [1.807, 2.05) is 0 Å². The highest BCUT2D eigenvalue weighted by molar-refractivity contribution is 6.22. The highest BCUT2D eigenvalue weighted by atomic mass is 35.5. The molecule has 6 heteroatoms. The molecule has 2 unspecified atom stereocenters. The average Bonchev–Trinajstić information content (AvgIpc) is 2.66. The van der Waals surface area contributed by atoms with Crippen LogP contribution in [0.5, 0.6) is 0 Å². The summed E-state index contributed by atoms with van der Waals surface area (Å²) in [5.74, 6) is -1.84. The van der Waals surface area contributed by atoms with E-state index in [2.05, 4.69) is 0 Å². The topological polar surface area (TPSA) is 57.6 Å². The molecule has 1 aromatic rings. The number of carbonyl (C=O) groups is 2. The van der Waals surface area contributed by atoms with Gasteiger partial charge in [-0.3, -0.25) is 9.59 Å². The van der Waals surface area contributed by atoms with E-state index in [9.17, 15) is 14.0 Å². The number of hydrogen-bond donors (Lipinski definition) is 1. The van der Waals surface area contributed by atoms with E-state index >= 15 is 0 Å². The molecule has 1 heterocycles. The van der Waals surface area contributed by atoms with E-state index in [1.54, 1.807) is 6.07 Å². The first-order valence-electron chi connectivity index (χ1n) is 5.88. The van der Waals surface area contributed by atoms with Crippen molar-refractivity contribution in [3.8, 4) is 0 Å². The third kappa shape index (κ3) is 3.04. The van der Waals surface area contributed by atoms with Crippen LogP contribution in [0.1, 0.15) is 24.4 Å². The van der Waals surface area contributed by atoms with Crippen molar-refractivity contribution in [3.05, 3.63) is 35.6 Å². The number of halogens is 2.